The summed E-state index contributed by atoms with van der Waals surface area (Å²) < 4.78 is 32.5. The summed E-state index contributed by atoms with van der Waals surface area (Å²) >= 11 is 3.37. The van der Waals surface area contributed by atoms with Crippen molar-refractivity contribution in [3.8, 4) is 5.75 Å². The van der Waals surface area contributed by atoms with Crippen LogP contribution in [0, 0.1) is 0 Å². The normalized spacial score (nSPS) is 11.2. The summed E-state index contributed by atoms with van der Waals surface area (Å²) in [6, 6.07) is 12.0. The van der Waals surface area contributed by atoms with E-state index in [4.69, 9.17) is 4.74 Å². The number of halogens is 1. The number of hydrogen-bond acceptors (Lipinski definition) is 4. The Labute approximate surface area is 156 Å². The first-order valence-electron chi connectivity index (χ1n) is 7.40. The summed E-state index contributed by atoms with van der Waals surface area (Å²) in [5.74, 6) is -0.0976. The van der Waals surface area contributed by atoms with Gasteiger partial charge >= 0.3 is 0 Å². The Bertz CT molecular complexity index is 867. The maximum absolute atomic E-state index is 12.6. The molecule has 2 rings (SSSR count). The van der Waals surface area contributed by atoms with Gasteiger partial charge in [0.25, 0.3) is 5.91 Å². The smallest absolute Gasteiger partial charge is 0.253 e. The Morgan fingerprint density at radius 1 is 1.20 bits per heavy atom. The molecule has 1 N–H and O–H groups in total. The van der Waals surface area contributed by atoms with Gasteiger partial charge in [0.15, 0.2) is 0 Å². The fourth-order valence-electron chi connectivity index (χ4n) is 2.29. The lowest BCUT2D eigenvalue weighted by atomic mass is 10.1. The van der Waals surface area contributed by atoms with Crippen molar-refractivity contribution in [1.29, 1.82) is 0 Å². The number of hydrogen-bond donors (Lipinski definition) is 1. The zero-order valence-corrected chi connectivity index (χ0v) is 16.5. The molecule has 0 saturated carbocycles. The molecule has 0 saturated heterocycles. The van der Waals surface area contributed by atoms with Crippen molar-refractivity contribution in [2.24, 2.45) is 0 Å². The fourth-order valence-corrected chi connectivity index (χ4v) is 3.47. The minimum absolute atomic E-state index is 0.0691. The number of nitrogens with zero attached hydrogens (tertiary/aromatic N) is 1. The van der Waals surface area contributed by atoms with E-state index in [9.17, 15) is 13.2 Å². The van der Waals surface area contributed by atoms with E-state index in [1.807, 2.05) is 24.3 Å². The van der Waals surface area contributed by atoms with Crippen LogP contribution in [0.4, 0.5) is 0 Å². The van der Waals surface area contributed by atoms with Gasteiger partial charge in [-0.2, -0.15) is 0 Å². The van der Waals surface area contributed by atoms with Crippen molar-refractivity contribution in [3.63, 3.8) is 0 Å². The van der Waals surface area contributed by atoms with Gasteiger partial charge in [0.1, 0.15) is 10.6 Å². The molecule has 0 radical (unpaired) electrons. The number of nitrogens with one attached hydrogen (secondary N) is 1. The van der Waals surface area contributed by atoms with E-state index in [0.717, 1.165) is 10.0 Å². The molecule has 2 aromatic carbocycles. The number of rotatable bonds is 6. The van der Waals surface area contributed by atoms with Crippen LogP contribution < -0.4 is 9.46 Å². The van der Waals surface area contributed by atoms with Gasteiger partial charge in [-0.1, -0.05) is 28.1 Å². The van der Waals surface area contributed by atoms with Crippen LogP contribution in [0.1, 0.15) is 15.9 Å². The maximum atomic E-state index is 12.6. The fraction of sp³-hybridized carbons (Fsp3) is 0.235. The molecule has 0 aromatic heterocycles. The van der Waals surface area contributed by atoms with Crippen LogP contribution in [0.5, 0.6) is 5.75 Å². The largest absolute Gasteiger partial charge is 0.495 e. The topological polar surface area (TPSA) is 75.7 Å². The minimum Gasteiger partial charge on any atom is -0.495 e. The summed E-state index contributed by atoms with van der Waals surface area (Å²) in [7, 11) is 0.619. The molecule has 0 aliphatic carbocycles. The molecule has 25 heavy (non-hydrogen) atoms. The maximum Gasteiger partial charge on any atom is 0.253 e. The number of benzene rings is 2. The van der Waals surface area contributed by atoms with Crippen molar-refractivity contribution in [2.45, 2.75) is 11.4 Å². The van der Waals surface area contributed by atoms with E-state index >= 15 is 0 Å². The van der Waals surface area contributed by atoms with Crippen LogP contribution in [-0.4, -0.2) is 40.4 Å². The van der Waals surface area contributed by atoms with Crippen molar-refractivity contribution in [3.05, 3.63) is 58.1 Å². The number of sulfonamides is 1. The first-order chi connectivity index (χ1) is 11.8. The Hall–Kier alpha value is -1.90. The van der Waals surface area contributed by atoms with Crippen LogP contribution in [0.2, 0.25) is 0 Å². The number of carbonyl (C=O) groups is 1. The lowest BCUT2D eigenvalue weighted by Gasteiger charge is -2.18. The third kappa shape index (κ3) is 4.59. The zero-order valence-electron chi connectivity index (χ0n) is 14.1. The molecule has 1 amide bonds. The standard InChI is InChI=1S/C17H19BrN2O4S/c1-19-25(22,23)16-10-13(6-9-15(16)24-3)17(21)20(2)11-12-4-7-14(18)8-5-12/h4-10,19H,11H2,1-3H3. The summed E-state index contributed by atoms with van der Waals surface area (Å²) in [5, 5.41) is 0. The second-order valence-corrected chi connectivity index (χ2v) is 8.13. The third-order valence-electron chi connectivity index (χ3n) is 3.65. The molecule has 0 unspecified atom stereocenters. The quantitative estimate of drug-likeness (QED) is 0.769. The van der Waals surface area contributed by atoms with Crippen LogP contribution in [-0.2, 0) is 16.6 Å². The van der Waals surface area contributed by atoms with Gasteiger partial charge < -0.3 is 9.64 Å². The first-order valence-corrected chi connectivity index (χ1v) is 9.67. The van der Waals surface area contributed by atoms with E-state index in [2.05, 4.69) is 20.7 Å². The molecule has 0 bridgehead atoms. The van der Waals surface area contributed by atoms with Gasteiger partial charge in [0.2, 0.25) is 10.0 Å². The lowest BCUT2D eigenvalue weighted by Crippen LogP contribution is -2.27. The van der Waals surface area contributed by atoms with Crippen molar-refractivity contribution >= 4 is 31.9 Å². The minimum atomic E-state index is -3.74. The second-order valence-electron chi connectivity index (χ2n) is 5.36. The Morgan fingerprint density at radius 2 is 1.84 bits per heavy atom. The van der Waals surface area contributed by atoms with Crippen molar-refractivity contribution in [1.82, 2.24) is 9.62 Å². The Kier molecular flexibility index (Phi) is 6.21. The lowest BCUT2D eigenvalue weighted by molar-refractivity contribution is 0.0785. The molecular weight excluding hydrogens is 408 g/mol. The highest BCUT2D eigenvalue weighted by Crippen LogP contribution is 2.25. The van der Waals surface area contributed by atoms with Gasteiger partial charge in [-0.05, 0) is 42.9 Å². The van der Waals surface area contributed by atoms with E-state index in [1.54, 1.807) is 13.1 Å². The predicted molar refractivity (Wildman–Crippen MR) is 99.2 cm³/mol. The van der Waals surface area contributed by atoms with E-state index in [0.29, 0.717) is 6.54 Å². The highest BCUT2D eigenvalue weighted by atomic mass is 79.9. The molecule has 2 aromatic rings. The Balaban J connectivity index is 2.29. The highest BCUT2D eigenvalue weighted by Gasteiger charge is 2.21. The SMILES string of the molecule is CNS(=O)(=O)c1cc(C(=O)N(C)Cc2ccc(Br)cc2)ccc1OC. The Morgan fingerprint density at radius 3 is 2.40 bits per heavy atom. The number of ether oxygens (including phenoxy) is 1. The molecular formula is C17H19BrN2O4S. The van der Waals surface area contributed by atoms with E-state index in [-0.39, 0.29) is 22.1 Å². The average molecular weight is 427 g/mol. The van der Waals surface area contributed by atoms with Crippen LogP contribution in [0.25, 0.3) is 0 Å². The number of carbonyl (C=O) groups excluding carboxylic acids is 1. The van der Waals surface area contributed by atoms with Crippen LogP contribution in [0.15, 0.2) is 51.8 Å². The number of amides is 1. The van der Waals surface area contributed by atoms with Crippen LogP contribution >= 0.6 is 15.9 Å². The summed E-state index contributed by atoms with van der Waals surface area (Å²) in [6.07, 6.45) is 0. The summed E-state index contributed by atoms with van der Waals surface area (Å²) in [4.78, 5) is 14.1. The monoisotopic (exact) mass is 426 g/mol. The number of methoxy groups -OCH3 is 1. The van der Waals surface area contributed by atoms with Gasteiger partial charge in [-0.25, -0.2) is 13.1 Å². The molecule has 0 heterocycles. The molecule has 0 spiro atoms. The third-order valence-corrected chi connectivity index (χ3v) is 5.61. The van der Waals surface area contributed by atoms with Gasteiger partial charge in [0, 0.05) is 23.6 Å². The van der Waals surface area contributed by atoms with Gasteiger partial charge in [-0.3, -0.25) is 4.79 Å². The molecule has 0 aliphatic rings. The molecule has 0 aliphatic heterocycles. The van der Waals surface area contributed by atoms with Gasteiger partial charge in [-0.15, -0.1) is 0 Å². The average Bonchev–Trinajstić information content (AvgIpc) is 2.62. The van der Waals surface area contributed by atoms with Crippen LogP contribution in [0.3, 0.4) is 0 Å². The molecule has 0 fully saturated rings. The predicted octanol–water partition coefficient (Wildman–Crippen LogP) is 2.64. The summed E-state index contributed by atoms with van der Waals surface area (Å²) in [5.41, 5.74) is 1.24. The van der Waals surface area contributed by atoms with E-state index < -0.39 is 10.0 Å². The molecule has 8 heteroatoms. The van der Waals surface area contributed by atoms with Crippen molar-refractivity contribution < 1.29 is 17.9 Å². The van der Waals surface area contributed by atoms with Gasteiger partial charge in [0.05, 0.1) is 7.11 Å². The van der Waals surface area contributed by atoms with Crippen molar-refractivity contribution in [2.75, 3.05) is 21.2 Å². The molecule has 0 atom stereocenters. The first kappa shape index (κ1) is 19.4. The summed E-state index contributed by atoms with van der Waals surface area (Å²) in [6.45, 7) is 0.409. The zero-order chi connectivity index (χ0) is 18.6. The second kappa shape index (κ2) is 7.99. The molecule has 6 nitrogen and oxygen atoms in total. The van der Waals surface area contributed by atoms with E-state index in [1.165, 1.54) is 31.2 Å². The molecule has 134 valence electrons. The highest BCUT2D eigenvalue weighted by molar-refractivity contribution is 9.10.